The lowest BCUT2D eigenvalue weighted by Crippen LogP contribution is -2.13. The summed E-state index contributed by atoms with van der Waals surface area (Å²) < 4.78 is 15.6. The van der Waals surface area contributed by atoms with Crippen molar-refractivity contribution in [3.8, 4) is 17.5 Å². The van der Waals surface area contributed by atoms with Crippen molar-refractivity contribution in [1.82, 2.24) is 9.78 Å². The maximum absolute atomic E-state index is 11.4. The third-order valence-electron chi connectivity index (χ3n) is 2.02. The molecule has 0 bridgehead atoms. The molecule has 0 unspecified atom stereocenters. The van der Waals surface area contributed by atoms with Crippen LogP contribution in [0.15, 0.2) is 33.5 Å². The maximum atomic E-state index is 11.4. The molecule has 1 aromatic carbocycles. The Bertz CT molecular complexity index is 526. The molecule has 0 radical (unpaired) electrons. The van der Waals surface area contributed by atoms with E-state index in [1.165, 1.54) is 7.11 Å². The first-order valence-corrected chi connectivity index (χ1v) is 4.53. The summed E-state index contributed by atoms with van der Waals surface area (Å²) in [5.74, 6) is 0.106. The molecule has 6 nitrogen and oxygen atoms in total. The average molecular weight is 222 g/mol. The van der Waals surface area contributed by atoms with E-state index in [0.29, 0.717) is 11.4 Å². The van der Waals surface area contributed by atoms with Crippen molar-refractivity contribution in [1.29, 1.82) is 0 Å². The summed E-state index contributed by atoms with van der Waals surface area (Å²) >= 11 is 0. The van der Waals surface area contributed by atoms with Gasteiger partial charge in [-0.1, -0.05) is 5.10 Å². The fraction of sp³-hybridized carbons (Fsp3) is 0.200. The highest BCUT2D eigenvalue weighted by Crippen LogP contribution is 2.14. The number of hydrogen-bond acceptors (Lipinski definition) is 5. The van der Waals surface area contributed by atoms with Gasteiger partial charge in [0.25, 0.3) is 0 Å². The fourth-order valence-corrected chi connectivity index (χ4v) is 1.23. The second-order valence-corrected chi connectivity index (χ2v) is 2.95. The van der Waals surface area contributed by atoms with Gasteiger partial charge in [-0.3, -0.25) is 0 Å². The van der Waals surface area contributed by atoms with Gasteiger partial charge in [0.05, 0.1) is 19.9 Å². The van der Waals surface area contributed by atoms with Gasteiger partial charge in [0, 0.05) is 0 Å². The summed E-state index contributed by atoms with van der Waals surface area (Å²) in [6.07, 6.45) is -0.0687. The molecule has 0 saturated heterocycles. The van der Waals surface area contributed by atoms with E-state index in [1.807, 2.05) is 0 Å². The van der Waals surface area contributed by atoms with E-state index >= 15 is 0 Å². The number of aromatic nitrogens is 2. The van der Waals surface area contributed by atoms with E-state index in [0.717, 1.165) is 4.68 Å². The van der Waals surface area contributed by atoms with Crippen molar-refractivity contribution in [2.75, 3.05) is 14.2 Å². The highest BCUT2D eigenvalue weighted by Gasteiger charge is 2.09. The molecule has 0 N–H and O–H groups in total. The fourth-order valence-electron chi connectivity index (χ4n) is 1.23. The molecule has 1 heterocycles. The van der Waals surface area contributed by atoms with Crippen molar-refractivity contribution in [3.63, 3.8) is 0 Å². The number of benzene rings is 1. The molecule has 0 aliphatic heterocycles. The molecule has 2 rings (SSSR count). The van der Waals surface area contributed by atoms with Gasteiger partial charge in [-0.15, -0.1) is 0 Å². The first-order chi connectivity index (χ1) is 7.74. The smallest absolute Gasteiger partial charge is 0.444 e. The largest absolute Gasteiger partial charge is 0.497 e. The normalized spacial score (nSPS) is 10.1. The Labute approximate surface area is 91.0 Å². The second kappa shape index (κ2) is 4.09. The Morgan fingerprint density at radius 3 is 2.38 bits per heavy atom. The summed E-state index contributed by atoms with van der Waals surface area (Å²) in [6.45, 7) is 0. The highest BCUT2D eigenvalue weighted by atomic mass is 16.6. The molecule has 0 amide bonds. The molecule has 0 saturated carbocycles. The Morgan fingerprint density at radius 2 is 1.88 bits per heavy atom. The van der Waals surface area contributed by atoms with Crippen LogP contribution in [-0.4, -0.2) is 24.0 Å². The van der Waals surface area contributed by atoms with Crippen LogP contribution in [0.2, 0.25) is 0 Å². The lowest BCUT2D eigenvalue weighted by molar-refractivity contribution is 0.282. The SMILES string of the molecule is COc1ccc(-n2nc(OC)oc2=O)cc1. The number of ether oxygens (including phenoxy) is 2. The average Bonchev–Trinajstić information content (AvgIpc) is 2.71. The highest BCUT2D eigenvalue weighted by molar-refractivity contribution is 5.36. The van der Waals surface area contributed by atoms with Gasteiger partial charge in [-0.25, -0.2) is 4.79 Å². The minimum absolute atomic E-state index is 0.0687. The van der Waals surface area contributed by atoms with Crippen LogP contribution in [0.3, 0.4) is 0 Å². The second-order valence-electron chi connectivity index (χ2n) is 2.95. The molecule has 2 aromatic rings. The van der Waals surface area contributed by atoms with Crippen molar-refractivity contribution in [2.45, 2.75) is 0 Å². The Kier molecular flexibility index (Phi) is 2.63. The van der Waals surface area contributed by atoms with Crippen LogP contribution < -0.4 is 15.2 Å². The monoisotopic (exact) mass is 222 g/mol. The molecular formula is C10H10N2O4. The predicted octanol–water partition coefficient (Wildman–Crippen LogP) is 0.843. The van der Waals surface area contributed by atoms with E-state index in [1.54, 1.807) is 31.4 Å². The van der Waals surface area contributed by atoms with Gasteiger partial charge in [0.1, 0.15) is 5.75 Å². The third-order valence-corrected chi connectivity index (χ3v) is 2.02. The van der Waals surface area contributed by atoms with Crippen LogP contribution in [0.5, 0.6) is 11.8 Å². The summed E-state index contributed by atoms with van der Waals surface area (Å²) in [6, 6.07) is 6.84. The summed E-state index contributed by atoms with van der Waals surface area (Å²) in [5, 5.41) is 3.83. The van der Waals surface area contributed by atoms with E-state index in [9.17, 15) is 4.79 Å². The molecule has 0 fully saturated rings. The standard InChI is InChI=1S/C10H10N2O4/c1-14-8-5-3-7(4-6-8)12-10(13)16-9(11-12)15-2/h3-6H,1-2H3. The zero-order valence-corrected chi connectivity index (χ0v) is 8.84. The molecule has 0 spiro atoms. The summed E-state index contributed by atoms with van der Waals surface area (Å²) in [7, 11) is 2.95. The van der Waals surface area contributed by atoms with Crippen LogP contribution >= 0.6 is 0 Å². The van der Waals surface area contributed by atoms with Crippen molar-refractivity contribution in [3.05, 3.63) is 34.8 Å². The molecule has 0 atom stereocenters. The van der Waals surface area contributed by atoms with E-state index in [-0.39, 0.29) is 6.08 Å². The minimum Gasteiger partial charge on any atom is -0.497 e. The minimum atomic E-state index is -0.595. The van der Waals surface area contributed by atoms with Crippen LogP contribution in [0.4, 0.5) is 0 Å². The van der Waals surface area contributed by atoms with Crippen LogP contribution in [0.25, 0.3) is 5.69 Å². The first kappa shape index (κ1) is 10.3. The van der Waals surface area contributed by atoms with Gasteiger partial charge in [0.15, 0.2) is 0 Å². The van der Waals surface area contributed by atoms with Crippen molar-refractivity contribution in [2.24, 2.45) is 0 Å². The zero-order valence-electron chi connectivity index (χ0n) is 8.84. The lowest BCUT2D eigenvalue weighted by atomic mass is 10.3. The van der Waals surface area contributed by atoms with Crippen LogP contribution in [-0.2, 0) is 0 Å². The Hall–Kier alpha value is -2.24. The number of nitrogens with zero attached hydrogens (tertiary/aromatic N) is 2. The molecule has 0 aliphatic carbocycles. The van der Waals surface area contributed by atoms with Crippen LogP contribution in [0.1, 0.15) is 0 Å². The summed E-state index contributed by atoms with van der Waals surface area (Å²) in [5.41, 5.74) is 0.581. The number of rotatable bonds is 3. The Morgan fingerprint density at radius 1 is 1.19 bits per heavy atom. The van der Waals surface area contributed by atoms with Gasteiger partial charge >= 0.3 is 11.8 Å². The molecular weight excluding hydrogens is 212 g/mol. The van der Waals surface area contributed by atoms with Crippen molar-refractivity contribution >= 4 is 0 Å². The molecule has 6 heteroatoms. The predicted molar refractivity (Wildman–Crippen MR) is 55.2 cm³/mol. The lowest BCUT2D eigenvalue weighted by Gasteiger charge is -2.00. The topological polar surface area (TPSA) is 66.5 Å². The molecule has 1 aromatic heterocycles. The van der Waals surface area contributed by atoms with Gasteiger partial charge < -0.3 is 13.9 Å². The van der Waals surface area contributed by atoms with Gasteiger partial charge in [0.2, 0.25) is 0 Å². The van der Waals surface area contributed by atoms with E-state index < -0.39 is 5.76 Å². The van der Waals surface area contributed by atoms with E-state index in [4.69, 9.17) is 13.9 Å². The van der Waals surface area contributed by atoms with Crippen molar-refractivity contribution < 1.29 is 13.9 Å². The maximum Gasteiger partial charge on any atom is 0.444 e. The van der Waals surface area contributed by atoms with E-state index in [2.05, 4.69) is 5.10 Å². The summed E-state index contributed by atoms with van der Waals surface area (Å²) in [4.78, 5) is 11.4. The molecule has 84 valence electrons. The molecule has 16 heavy (non-hydrogen) atoms. The number of hydrogen-bond donors (Lipinski definition) is 0. The molecule has 0 aliphatic rings. The van der Waals surface area contributed by atoms with Gasteiger partial charge in [-0.2, -0.15) is 4.68 Å². The Balaban J connectivity index is 2.42. The number of methoxy groups -OCH3 is 2. The van der Waals surface area contributed by atoms with Gasteiger partial charge in [-0.05, 0) is 24.3 Å². The van der Waals surface area contributed by atoms with Crippen LogP contribution in [0, 0.1) is 0 Å². The first-order valence-electron chi connectivity index (χ1n) is 4.53. The zero-order chi connectivity index (χ0) is 11.5. The third kappa shape index (κ3) is 1.77. The quantitative estimate of drug-likeness (QED) is 0.769.